The third-order valence-corrected chi connectivity index (χ3v) is 7.79. The lowest BCUT2D eigenvalue weighted by molar-refractivity contribution is -0.137. The van der Waals surface area contributed by atoms with Gasteiger partial charge in [0.1, 0.15) is 4.90 Å². The lowest BCUT2D eigenvalue weighted by atomic mass is 10.2. The van der Waals surface area contributed by atoms with Crippen molar-refractivity contribution in [3.8, 4) is 0 Å². The molecule has 1 fully saturated rings. The van der Waals surface area contributed by atoms with Crippen molar-refractivity contribution in [2.75, 3.05) is 44.8 Å². The minimum absolute atomic E-state index is 0.0354. The maximum Gasteiger partial charge on any atom is 0.315 e. The molecule has 0 saturated carbocycles. The van der Waals surface area contributed by atoms with Crippen LogP contribution in [0, 0.1) is 6.92 Å². The number of pyridine rings is 1. The number of benzene rings is 1. The minimum Gasteiger partial charge on any atom is -0.468 e. The number of aromatic nitrogens is 1. The largest absolute Gasteiger partial charge is 0.468 e. The number of esters is 1. The second-order valence-corrected chi connectivity index (χ2v) is 10.0. The number of hydrogen-bond donors (Lipinski definition) is 0. The van der Waals surface area contributed by atoms with Crippen LogP contribution in [0.15, 0.2) is 35.4 Å². The quantitative estimate of drug-likeness (QED) is 0.467. The zero-order chi connectivity index (χ0) is 21.7. The Kier molecular flexibility index (Phi) is 7.32. The first-order valence-electron chi connectivity index (χ1n) is 9.61. The summed E-state index contributed by atoms with van der Waals surface area (Å²) in [7, 11) is -2.38. The second-order valence-electron chi connectivity index (χ2n) is 7.00. The van der Waals surface area contributed by atoms with Crippen LogP contribution in [0.5, 0.6) is 0 Å². The van der Waals surface area contributed by atoms with Gasteiger partial charge in [0, 0.05) is 49.9 Å². The van der Waals surface area contributed by atoms with Crippen molar-refractivity contribution >= 4 is 44.6 Å². The Morgan fingerprint density at radius 3 is 2.63 bits per heavy atom. The van der Waals surface area contributed by atoms with E-state index in [1.807, 2.05) is 19.1 Å². The number of fused-ring (bicyclic) bond motifs is 1. The van der Waals surface area contributed by atoms with E-state index in [1.165, 1.54) is 23.2 Å². The number of nitrogens with zero attached hydrogens (tertiary/aromatic N) is 3. The van der Waals surface area contributed by atoms with Gasteiger partial charge in [0.25, 0.3) is 0 Å². The normalized spacial score (nSPS) is 15.3. The van der Waals surface area contributed by atoms with Crippen LogP contribution in [0.25, 0.3) is 10.9 Å². The third-order valence-electron chi connectivity index (χ3n) is 4.93. The van der Waals surface area contributed by atoms with Crippen LogP contribution in [0.2, 0.25) is 0 Å². The van der Waals surface area contributed by atoms with Crippen LogP contribution >= 0.6 is 11.8 Å². The zero-order valence-electron chi connectivity index (χ0n) is 17.0. The Hall–Kier alpha value is -2.17. The fourth-order valence-corrected chi connectivity index (χ4v) is 5.64. The summed E-state index contributed by atoms with van der Waals surface area (Å²) in [5, 5.41) is 0.786. The monoisotopic (exact) mass is 451 g/mol. The molecule has 0 aliphatic carbocycles. The van der Waals surface area contributed by atoms with E-state index in [2.05, 4.69) is 9.72 Å². The molecule has 3 rings (SSSR count). The van der Waals surface area contributed by atoms with Crippen LogP contribution in [-0.2, 0) is 24.3 Å². The average molecular weight is 452 g/mol. The van der Waals surface area contributed by atoms with Gasteiger partial charge in [-0.25, -0.2) is 8.42 Å². The molecule has 0 atom stereocenters. The molecule has 2 heterocycles. The van der Waals surface area contributed by atoms with Crippen molar-refractivity contribution < 1.29 is 22.7 Å². The number of thioether (sulfide) groups is 1. The van der Waals surface area contributed by atoms with Crippen molar-refractivity contribution in [3.05, 3.63) is 36.0 Å². The van der Waals surface area contributed by atoms with Gasteiger partial charge < -0.3 is 9.64 Å². The summed E-state index contributed by atoms with van der Waals surface area (Å²) in [4.78, 5) is 29.7. The molecule has 8 nitrogen and oxygen atoms in total. The van der Waals surface area contributed by atoms with Crippen LogP contribution in [0.4, 0.5) is 0 Å². The van der Waals surface area contributed by atoms with Gasteiger partial charge in [-0.05, 0) is 24.6 Å². The number of hydrogen-bond acceptors (Lipinski definition) is 7. The standard InChI is InChI=1S/C20H25N3O5S2/c1-15-12-16-4-3-5-17(20(16)21-13-15)30(26,27)23-9-7-22(8-10-23)18(24)6-11-29-14-19(25)28-2/h3-5,12-13H,6-11,14H2,1-2H3. The average Bonchev–Trinajstić information content (AvgIpc) is 2.75. The lowest BCUT2D eigenvalue weighted by Gasteiger charge is -2.34. The van der Waals surface area contributed by atoms with E-state index in [-0.39, 0.29) is 35.6 Å². The van der Waals surface area contributed by atoms with E-state index >= 15 is 0 Å². The first-order valence-corrected chi connectivity index (χ1v) is 12.2. The summed E-state index contributed by atoms with van der Waals surface area (Å²) in [5.41, 5.74) is 1.43. The molecule has 1 aliphatic rings. The molecule has 10 heteroatoms. The summed E-state index contributed by atoms with van der Waals surface area (Å²) in [6.45, 7) is 3.09. The molecule has 0 spiro atoms. The minimum atomic E-state index is -3.71. The van der Waals surface area contributed by atoms with E-state index in [0.717, 1.165) is 10.9 Å². The van der Waals surface area contributed by atoms with Gasteiger partial charge in [0.2, 0.25) is 15.9 Å². The highest BCUT2D eigenvalue weighted by atomic mass is 32.2. The third kappa shape index (κ3) is 5.11. The van der Waals surface area contributed by atoms with Gasteiger partial charge >= 0.3 is 5.97 Å². The molecule has 1 amide bonds. The summed E-state index contributed by atoms with van der Waals surface area (Å²) in [6.07, 6.45) is 1.97. The van der Waals surface area contributed by atoms with E-state index in [4.69, 9.17) is 0 Å². The molecule has 1 saturated heterocycles. The maximum absolute atomic E-state index is 13.2. The van der Waals surface area contributed by atoms with Gasteiger partial charge in [0.05, 0.1) is 18.4 Å². The van der Waals surface area contributed by atoms with E-state index in [1.54, 1.807) is 23.2 Å². The Bertz CT molecular complexity index is 1030. The number of amides is 1. The number of carbonyl (C=O) groups excluding carboxylic acids is 2. The van der Waals surface area contributed by atoms with Crippen molar-refractivity contribution in [2.45, 2.75) is 18.2 Å². The molecule has 0 bridgehead atoms. The predicted molar refractivity (Wildman–Crippen MR) is 116 cm³/mol. The van der Waals surface area contributed by atoms with E-state index < -0.39 is 10.0 Å². The molecule has 2 aromatic rings. The lowest BCUT2D eigenvalue weighted by Crippen LogP contribution is -2.50. The number of ether oxygens (including phenoxy) is 1. The maximum atomic E-state index is 13.2. The van der Waals surface area contributed by atoms with Gasteiger partial charge in [-0.1, -0.05) is 12.1 Å². The molecule has 0 radical (unpaired) electrons. The van der Waals surface area contributed by atoms with E-state index in [0.29, 0.717) is 30.8 Å². The van der Waals surface area contributed by atoms with Crippen LogP contribution in [0.1, 0.15) is 12.0 Å². The van der Waals surface area contributed by atoms with Crippen molar-refractivity contribution in [1.82, 2.24) is 14.2 Å². The van der Waals surface area contributed by atoms with Crippen LogP contribution in [0.3, 0.4) is 0 Å². The summed E-state index contributed by atoms with van der Waals surface area (Å²) < 4.78 is 32.4. The van der Waals surface area contributed by atoms with E-state index in [9.17, 15) is 18.0 Å². The van der Waals surface area contributed by atoms with Crippen LogP contribution in [-0.4, -0.2) is 79.3 Å². The highest BCUT2D eigenvalue weighted by Crippen LogP contribution is 2.25. The number of sulfonamides is 1. The number of para-hydroxylation sites is 1. The molecule has 1 aromatic carbocycles. The molecule has 0 N–H and O–H groups in total. The molecule has 162 valence electrons. The summed E-state index contributed by atoms with van der Waals surface area (Å²) in [6, 6.07) is 7.07. The molecular weight excluding hydrogens is 426 g/mol. The van der Waals surface area contributed by atoms with Gasteiger partial charge in [-0.15, -0.1) is 11.8 Å². The number of carbonyl (C=O) groups is 2. The van der Waals surface area contributed by atoms with Gasteiger partial charge in [-0.2, -0.15) is 4.31 Å². The molecule has 30 heavy (non-hydrogen) atoms. The summed E-state index contributed by atoms with van der Waals surface area (Å²) >= 11 is 1.35. The molecule has 1 aliphatic heterocycles. The Morgan fingerprint density at radius 2 is 1.93 bits per heavy atom. The Balaban J connectivity index is 1.61. The SMILES string of the molecule is COC(=O)CSCCC(=O)N1CCN(S(=O)(=O)c2cccc3cc(C)cnc23)CC1. The molecule has 1 aromatic heterocycles. The fourth-order valence-electron chi connectivity index (χ4n) is 3.30. The topological polar surface area (TPSA) is 96.9 Å². The van der Waals surface area contributed by atoms with Crippen molar-refractivity contribution in [1.29, 1.82) is 0 Å². The number of rotatable bonds is 7. The molecule has 0 unspecified atom stereocenters. The number of aryl methyl sites for hydroxylation is 1. The van der Waals surface area contributed by atoms with Crippen LogP contribution < -0.4 is 0 Å². The number of piperazine rings is 1. The predicted octanol–water partition coefficient (Wildman–Crippen LogP) is 1.67. The first kappa shape index (κ1) is 22.5. The van der Waals surface area contributed by atoms with Crippen molar-refractivity contribution in [3.63, 3.8) is 0 Å². The highest BCUT2D eigenvalue weighted by molar-refractivity contribution is 7.99. The van der Waals surface area contributed by atoms with Gasteiger partial charge in [0.15, 0.2) is 0 Å². The highest BCUT2D eigenvalue weighted by Gasteiger charge is 2.31. The number of methoxy groups -OCH3 is 1. The Morgan fingerprint density at radius 1 is 1.20 bits per heavy atom. The summed E-state index contributed by atoms with van der Waals surface area (Å²) in [5.74, 6) is 0.387. The second kappa shape index (κ2) is 9.76. The molecular formula is C20H25N3O5S2. The van der Waals surface area contributed by atoms with Crippen molar-refractivity contribution in [2.24, 2.45) is 0 Å². The fraction of sp³-hybridized carbons (Fsp3) is 0.450. The Labute approximate surface area is 180 Å². The van der Waals surface area contributed by atoms with Gasteiger partial charge in [-0.3, -0.25) is 14.6 Å². The first-order chi connectivity index (χ1) is 14.3. The zero-order valence-corrected chi connectivity index (χ0v) is 18.7. The smallest absolute Gasteiger partial charge is 0.315 e.